The molecule has 0 unspecified atom stereocenters. The zero-order chi connectivity index (χ0) is 4.50. The minimum absolute atomic E-state index is 0. The van der Waals surface area contributed by atoms with Gasteiger partial charge in [0.25, 0.3) is 0 Å². The Labute approximate surface area is 48.8 Å². The van der Waals surface area contributed by atoms with Crippen molar-refractivity contribution in [1.29, 1.82) is 0 Å². The van der Waals surface area contributed by atoms with Crippen LogP contribution in [0.25, 0.3) is 0 Å². The van der Waals surface area contributed by atoms with Gasteiger partial charge >= 0.3 is 48.5 Å². The van der Waals surface area contributed by atoms with E-state index in [1.165, 1.54) is 0 Å². The van der Waals surface area contributed by atoms with E-state index in [1.54, 1.807) is 0 Å². The average molecular weight is 214 g/mol. The summed E-state index contributed by atoms with van der Waals surface area (Å²) in [6.07, 6.45) is 0. The van der Waals surface area contributed by atoms with Crippen LogP contribution in [0.3, 0.4) is 0 Å². The van der Waals surface area contributed by atoms with Gasteiger partial charge in [0.2, 0.25) is 0 Å². The first-order valence-corrected chi connectivity index (χ1v) is 3.79. The Morgan fingerprint density at radius 2 is 1.17 bits per heavy atom. The van der Waals surface area contributed by atoms with Crippen LogP contribution in [0.5, 0.6) is 0 Å². The first kappa shape index (κ1) is 9.93. The molecule has 0 atom stereocenters. The Morgan fingerprint density at radius 3 is 1.17 bits per heavy atom. The van der Waals surface area contributed by atoms with Crippen molar-refractivity contribution >= 4 is 32.5 Å². The maximum Gasteiger partial charge on any atom is 3.00 e. The molecule has 0 aliphatic carbocycles. The smallest absolute Gasteiger partial charge is 3.00 e. The number of rotatable bonds is 0. The van der Waals surface area contributed by atoms with Crippen LogP contribution in [0.4, 0.5) is 0 Å². The molecule has 0 heterocycles. The van der Waals surface area contributed by atoms with E-state index in [-0.39, 0.29) is 18.0 Å². The van der Waals surface area contributed by atoms with Crippen LogP contribution < -0.4 is 12.3 Å². The molecule has 0 N–H and O–H groups in total. The molecule has 0 aromatic carbocycles. The molecule has 0 bridgehead atoms. The largest absolute Gasteiger partial charge is 3.00 e. The predicted octanol–water partition coefficient (Wildman–Crippen LogP) is -4.45. The number of hydrogen-bond acceptors (Lipinski definition) is 4. The summed E-state index contributed by atoms with van der Waals surface area (Å²) in [5.74, 6) is 0. The molecule has 4 nitrogen and oxygen atoms in total. The van der Waals surface area contributed by atoms with Crippen LogP contribution in [0, 0.1) is 0 Å². The van der Waals surface area contributed by atoms with Gasteiger partial charge in [-0.15, -0.1) is 0 Å². The molecule has 6 heavy (non-hydrogen) atoms. The molecular weight excluding hydrogens is 214 g/mol. The third kappa shape index (κ3) is 109. The molecular formula is As2O4. The van der Waals surface area contributed by atoms with Gasteiger partial charge in [0.05, 0.1) is 0 Å². The first-order chi connectivity index (χ1) is 2.00. The van der Waals surface area contributed by atoms with Crippen molar-refractivity contribution in [3.63, 3.8) is 0 Å². The summed E-state index contributed by atoms with van der Waals surface area (Å²) in [7, 11) is 0. The van der Waals surface area contributed by atoms with Gasteiger partial charge in [-0.05, 0) is 0 Å². The molecule has 0 aromatic rings. The fraction of sp³-hybridized carbons (Fsp3) is 0. The number of hydrogen-bond donors (Lipinski definition) is 0. The third-order valence-electron chi connectivity index (χ3n) is 0. The molecule has 34 valence electrons. The Balaban J connectivity index is 0. The van der Waals surface area contributed by atoms with Gasteiger partial charge in [0.1, 0.15) is 0 Å². The molecule has 2 radical (unpaired) electrons. The maximum absolute atomic E-state index is 8.61. The summed E-state index contributed by atoms with van der Waals surface area (Å²) in [5.41, 5.74) is 0. The van der Waals surface area contributed by atoms with Crippen LogP contribution in [-0.2, 0) is 3.74 Å². The molecule has 0 aliphatic heterocycles. The van der Waals surface area contributed by atoms with E-state index >= 15 is 0 Å². The van der Waals surface area contributed by atoms with Gasteiger partial charge in [-0.3, -0.25) is 0 Å². The molecule has 0 saturated heterocycles. The maximum atomic E-state index is 8.61. The van der Waals surface area contributed by atoms with Crippen molar-refractivity contribution in [1.82, 2.24) is 0 Å². The van der Waals surface area contributed by atoms with Crippen molar-refractivity contribution in [2.45, 2.75) is 0 Å². The van der Waals surface area contributed by atoms with Crippen molar-refractivity contribution in [3.05, 3.63) is 0 Å². The Bertz CT molecular complexity index is 51.7. The van der Waals surface area contributed by atoms with Crippen LogP contribution in [0.1, 0.15) is 0 Å². The second-order valence-electron chi connectivity index (χ2n) is 0.447. The van der Waals surface area contributed by atoms with Crippen LogP contribution in [0.15, 0.2) is 0 Å². The predicted molar refractivity (Wildman–Crippen MR) is 12.2 cm³/mol. The van der Waals surface area contributed by atoms with E-state index in [9.17, 15) is 0 Å². The second kappa shape index (κ2) is 2.89. The Kier molecular flexibility index (Phi) is 4.78. The van der Waals surface area contributed by atoms with Gasteiger partial charge in [0.15, 0.2) is 0 Å². The molecule has 0 aliphatic rings. The van der Waals surface area contributed by atoms with Gasteiger partial charge in [-0.2, -0.15) is 0 Å². The molecule has 0 aromatic heterocycles. The van der Waals surface area contributed by atoms with Crippen LogP contribution >= 0.6 is 0 Å². The second-order valence-corrected chi connectivity index (χ2v) is 2.32. The van der Waals surface area contributed by atoms with Crippen molar-refractivity contribution < 1.29 is 16.0 Å². The van der Waals surface area contributed by atoms with Crippen molar-refractivity contribution in [2.75, 3.05) is 0 Å². The zero-order valence-electron chi connectivity index (χ0n) is 2.53. The SMILES string of the molecule is O=[As]([O-])([O-])[O-].[As+3]. The van der Waals surface area contributed by atoms with Crippen LogP contribution in [0.2, 0.25) is 0 Å². The minimum Gasteiger partial charge on any atom is 3.00 e. The monoisotopic (exact) mass is 214 g/mol. The van der Waals surface area contributed by atoms with E-state index in [2.05, 4.69) is 0 Å². The summed E-state index contributed by atoms with van der Waals surface area (Å²) in [4.78, 5) is 0. The van der Waals surface area contributed by atoms with Crippen LogP contribution in [-0.4, -0.2) is 32.5 Å². The first-order valence-electron chi connectivity index (χ1n) is 0.730. The fourth-order valence-corrected chi connectivity index (χ4v) is 0. The summed E-state index contributed by atoms with van der Waals surface area (Å²) < 4.78 is 34.4. The average Bonchev–Trinajstić information content (AvgIpc) is 0.722. The van der Waals surface area contributed by atoms with E-state index in [0.29, 0.717) is 0 Å². The fourth-order valence-electron chi connectivity index (χ4n) is 0. The zero-order valence-corrected chi connectivity index (χ0v) is 6.28. The van der Waals surface area contributed by atoms with Gasteiger partial charge < -0.3 is 0 Å². The summed E-state index contributed by atoms with van der Waals surface area (Å²) in [5, 5.41) is 0. The Hall–Kier alpha value is 0.797. The summed E-state index contributed by atoms with van der Waals surface area (Å²) in [6.45, 7) is 0. The molecule has 0 saturated carbocycles. The van der Waals surface area contributed by atoms with Gasteiger partial charge in [0, 0.05) is 0 Å². The summed E-state index contributed by atoms with van der Waals surface area (Å²) >= 11 is -5.88. The molecule has 6 heteroatoms. The van der Waals surface area contributed by atoms with Crippen molar-refractivity contribution in [2.24, 2.45) is 0 Å². The van der Waals surface area contributed by atoms with E-state index < -0.39 is 14.5 Å². The summed E-state index contributed by atoms with van der Waals surface area (Å²) in [6, 6.07) is 0. The van der Waals surface area contributed by atoms with E-state index in [0.717, 1.165) is 0 Å². The molecule has 0 fully saturated rings. The topological polar surface area (TPSA) is 86.2 Å². The molecule has 0 spiro atoms. The van der Waals surface area contributed by atoms with E-state index in [1.807, 2.05) is 0 Å². The normalized spacial score (nSPS) is 9.83. The van der Waals surface area contributed by atoms with Gasteiger partial charge in [-0.25, -0.2) is 0 Å². The molecule has 0 amide bonds. The quantitative estimate of drug-likeness (QED) is 0.380. The molecule has 0 rings (SSSR count). The van der Waals surface area contributed by atoms with Gasteiger partial charge in [-0.1, -0.05) is 0 Å². The third-order valence-corrected chi connectivity index (χ3v) is 0. The Morgan fingerprint density at radius 1 is 1.17 bits per heavy atom. The minimum atomic E-state index is -5.88. The van der Waals surface area contributed by atoms with E-state index in [4.69, 9.17) is 16.0 Å². The van der Waals surface area contributed by atoms with Crippen molar-refractivity contribution in [3.8, 4) is 0 Å². The standard InChI is InChI=1S/AsH3O4.As/c2-1(3,4)5;/h(H3,2,3,4,5);/q;+3/p-3.